The lowest BCUT2D eigenvalue weighted by Crippen LogP contribution is -2.41. The molecule has 2 rings (SSSR count). The molecule has 18 heavy (non-hydrogen) atoms. The summed E-state index contributed by atoms with van der Waals surface area (Å²) in [5, 5.41) is 9.16. The molecule has 0 unspecified atom stereocenters. The van der Waals surface area contributed by atoms with E-state index in [0.717, 1.165) is 13.1 Å². The van der Waals surface area contributed by atoms with Gasteiger partial charge in [0, 0.05) is 6.54 Å². The van der Waals surface area contributed by atoms with E-state index in [1.165, 1.54) is 12.8 Å². The van der Waals surface area contributed by atoms with Crippen molar-refractivity contribution in [2.75, 3.05) is 25.4 Å². The molecule has 100 valence electrons. The van der Waals surface area contributed by atoms with Crippen LogP contribution in [0.3, 0.4) is 0 Å². The summed E-state index contributed by atoms with van der Waals surface area (Å²) in [5.74, 6) is 1.47. The van der Waals surface area contributed by atoms with Crippen LogP contribution < -0.4 is 11.1 Å². The van der Waals surface area contributed by atoms with Crippen molar-refractivity contribution in [1.82, 2.24) is 25.4 Å². The van der Waals surface area contributed by atoms with Crippen molar-refractivity contribution in [1.29, 1.82) is 0 Å². The van der Waals surface area contributed by atoms with E-state index in [1.807, 2.05) is 0 Å². The molecule has 2 heterocycles. The van der Waals surface area contributed by atoms with Gasteiger partial charge in [-0.25, -0.2) is 0 Å². The summed E-state index contributed by atoms with van der Waals surface area (Å²) >= 11 is 0. The van der Waals surface area contributed by atoms with Gasteiger partial charge in [0.05, 0.1) is 13.1 Å². The van der Waals surface area contributed by atoms with E-state index in [-0.39, 0.29) is 11.9 Å². The van der Waals surface area contributed by atoms with Crippen LogP contribution in [0, 0.1) is 5.92 Å². The quantitative estimate of drug-likeness (QED) is 0.685. The molecule has 0 saturated carbocycles. The largest absolute Gasteiger partial charge is 0.367 e. The first-order valence-corrected chi connectivity index (χ1v) is 6.29. The molecule has 0 aromatic carbocycles. The molecule has 0 aliphatic carbocycles. The highest BCUT2D eigenvalue weighted by Crippen LogP contribution is 2.14. The van der Waals surface area contributed by atoms with Crippen LogP contribution in [-0.4, -0.2) is 45.6 Å². The second-order valence-electron chi connectivity index (χ2n) is 4.90. The zero-order valence-corrected chi connectivity index (χ0v) is 10.6. The van der Waals surface area contributed by atoms with Crippen molar-refractivity contribution >= 4 is 11.9 Å². The smallest absolute Gasteiger partial charge is 0.239 e. The standard InChI is InChI=1S/C11H20N6O/c1-8-3-2-4-17(6-8)7-10(18)13-5-9-14-11(12)16-15-9/h8H,2-7H2,1H3,(H,13,18)(H3,12,14,15,16)/t8-/m0/s1. The Balaban J connectivity index is 1.71. The number of anilines is 1. The van der Waals surface area contributed by atoms with Gasteiger partial charge in [-0.15, -0.1) is 5.10 Å². The zero-order chi connectivity index (χ0) is 13.0. The second-order valence-corrected chi connectivity index (χ2v) is 4.90. The minimum atomic E-state index is 0.0130. The van der Waals surface area contributed by atoms with Crippen LogP contribution in [0.2, 0.25) is 0 Å². The minimum Gasteiger partial charge on any atom is -0.367 e. The van der Waals surface area contributed by atoms with Crippen molar-refractivity contribution in [3.63, 3.8) is 0 Å². The number of rotatable bonds is 4. The van der Waals surface area contributed by atoms with E-state index in [4.69, 9.17) is 5.73 Å². The Morgan fingerprint density at radius 2 is 2.50 bits per heavy atom. The monoisotopic (exact) mass is 252 g/mol. The van der Waals surface area contributed by atoms with Gasteiger partial charge in [0.25, 0.3) is 0 Å². The topological polar surface area (TPSA) is 99.9 Å². The molecular formula is C11H20N6O. The van der Waals surface area contributed by atoms with E-state index in [1.54, 1.807) is 0 Å². The van der Waals surface area contributed by atoms with Gasteiger partial charge >= 0.3 is 0 Å². The maximum absolute atomic E-state index is 11.8. The molecule has 4 N–H and O–H groups in total. The molecule has 7 nitrogen and oxygen atoms in total. The van der Waals surface area contributed by atoms with Gasteiger partial charge in [-0.2, -0.15) is 4.98 Å². The van der Waals surface area contributed by atoms with Gasteiger partial charge in [-0.05, 0) is 25.3 Å². The molecular weight excluding hydrogens is 232 g/mol. The Bertz CT molecular complexity index is 404. The molecule has 1 aliphatic heterocycles. The Morgan fingerprint density at radius 1 is 1.67 bits per heavy atom. The van der Waals surface area contributed by atoms with Crippen molar-refractivity contribution in [3.8, 4) is 0 Å². The van der Waals surface area contributed by atoms with Crippen LogP contribution in [0.25, 0.3) is 0 Å². The first-order chi connectivity index (χ1) is 8.63. The van der Waals surface area contributed by atoms with Crippen molar-refractivity contribution in [2.45, 2.75) is 26.3 Å². The number of nitrogen functional groups attached to an aromatic ring is 1. The number of nitrogens with two attached hydrogens (primary N) is 1. The molecule has 1 amide bonds. The number of hydrogen-bond acceptors (Lipinski definition) is 5. The predicted octanol–water partition coefficient (Wildman–Crippen LogP) is -0.265. The van der Waals surface area contributed by atoms with Gasteiger partial charge in [-0.1, -0.05) is 6.92 Å². The van der Waals surface area contributed by atoms with Crippen molar-refractivity contribution < 1.29 is 4.79 Å². The summed E-state index contributed by atoms with van der Waals surface area (Å²) in [7, 11) is 0. The summed E-state index contributed by atoms with van der Waals surface area (Å²) in [6.45, 7) is 5.03. The summed E-state index contributed by atoms with van der Waals surface area (Å²) < 4.78 is 0. The van der Waals surface area contributed by atoms with E-state index < -0.39 is 0 Å². The highest BCUT2D eigenvalue weighted by atomic mass is 16.2. The molecule has 7 heteroatoms. The number of H-pyrrole nitrogens is 1. The van der Waals surface area contributed by atoms with Crippen LogP contribution in [0.5, 0.6) is 0 Å². The number of carbonyl (C=O) groups excluding carboxylic acids is 1. The molecule has 1 saturated heterocycles. The fourth-order valence-corrected chi connectivity index (χ4v) is 2.26. The van der Waals surface area contributed by atoms with Crippen LogP contribution in [0.1, 0.15) is 25.6 Å². The number of nitrogens with one attached hydrogen (secondary N) is 2. The Morgan fingerprint density at radius 3 is 3.17 bits per heavy atom. The number of nitrogens with zero attached hydrogens (tertiary/aromatic N) is 3. The van der Waals surface area contributed by atoms with Crippen LogP contribution in [-0.2, 0) is 11.3 Å². The Hall–Kier alpha value is -1.63. The fourth-order valence-electron chi connectivity index (χ4n) is 2.26. The third-order valence-electron chi connectivity index (χ3n) is 3.11. The van der Waals surface area contributed by atoms with Crippen molar-refractivity contribution in [2.24, 2.45) is 5.92 Å². The average molecular weight is 252 g/mol. The predicted molar refractivity (Wildman–Crippen MR) is 67.5 cm³/mol. The van der Waals surface area contributed by atoms with E-state index >= 15 is 0 Å². The first-order valence-electron chi connectivity index (χ1n) is 6.29. The highest BCUT2D eigenvalue weighted by Gasteiger charge is 2.18. The molecule has 1 aromatic heterocycles. The summed E-state index contributed by atoms with van der Waals surface area (Å²) in [6.07, 6.45) is 2.43. The average Bonchev–Trinajstić information content (AvgIpc) is 2.73. The fraction of sp³-hybridized carbons (Fsp3) is 0.727. The van der Waals surface area contributed by atoms with Crippen LogP contribution >= 0.6 is 0 Å². The summed E-state index contributed by atoms with van der Waals surface area (Å²) in [4.78, 5) is 17.9. The third kappa shape index (κ3) is 3.69. The molecule has 1 aromatic rings. The van der Waals surface area contributed by atoms with Gasteiger partial charge in [-0.3, -0.25) is 14.8 Å². The number of amides is 1. The van der Waals surface area contributed by atoms with Crippen LogP contribution in [0.15, 0.2) is 0 Å². The summed E-state index contributed by atoms with van der Waals surface area (Å²) in [5.41, 5.74) is 5.38. The lowest BCUT2D eigenvalue weighted by Gasteiger charge is -2.30. The molecule has 1 fully saturated rings. The summed E-state index contributed by atoms with van der Waals surface area (Å²) in [6, 6.07) is 0. The first kappa shape index (κ1) is 12.8. The Kier molecular flexibility index (Phi) is 4.14. The normalized spacial score (nSPS) is 20.8. The highest BCUT2D eigenvalue weighted by molar-refractivity contribution is 5.77. The molecule has 0 bridgehead atoms. The van der Waals surface area contributed by atoms with Gasteiger partial charge < -0.3 is 11.1 Å². The molecule has 0 spiro atoms. The number of likely N-dealkylation sites (tertiary alicyclic amines) is 1. The third-order valence-corrected chi connectivity index (χ3v) is 3.11. The molecule has 0 radical (unpaired) electrons. The van der Waals surface area contributed by atoms with Crippen molar-refractivity contribution in [3.05, 3.63) is 5.82 Å². The molecule has 1 atom stereocenters. The van der Waals surface area contributed by atoms with E-state index in [9.17, 15) is 4.79 Å². The second kappa shape index (κ2) is 5.81. The number of aromatic amines is 1. The van der Waals surface area contributed by atoms with Gasteiger partial charge in [0.2, 0.25) is 11.9 Å². The minimum absolute atomic E-state index is 0.0130. The Labute approximate surface area is 106 Å². The number of aromatic nitrogens is 3. The number of piperidine rings is 1. The maximum atomic E-state index is 11.8. The molecule has 1 aliphatic rings. The van der Waals surface area contributed by atoms with E-state index in [0.29, 0.717) is 24.8 Å². The maximum Gasteiger partial charge on any atom is 0.239 e. The lowest BCUT2D eigenvalue weighted by molar-refractivity contribution is -0.122. The lowest BCUT2D eigenvalue weighted by atomic mass is 10.0. The van der Waals surface area contributed by atoms with Gasteiger partial charge in [0.1, 0.15) is 5.82 Å². The number of hydrogen-bond donors (Lipinski definition) is 3. The number of carbonyl (C=O) groups is 1. The van der Waals surface area contributed by atoms with E-state index in [2.05, 4.69) is 32.3 Å². The van der Waals surface area contributed by atoms with Crippen LogP contribution in [0.4, 0.5) is 5.95 Å². The SMILES string of the molecule is C[C@H]1CCCN(CC(=O)NCc2nc(N)n[nH]2)C1. The van der Waals surface area contributed by atoms with Gasteiger partial charge in [0.15, 0.2) is 0 Å². The zero-order valence-electron chi connectivity index (χ0n) is 10.6.